The summed E-state index contributed by atoms with van der Waals surface area (Å²) in [5.74, 6) is 0.778. The zero-order chi connectivity index (χ0) is 30.3. The van der Waals surface area contributed by atoms with E-state index in [1.165, 1.54) is 11.1 Å². The third kappa shape index (κ3) is 7.48. The van der Waals surface area contributed by atoms with Crippen molar-refractivity contribution in [3.63, 3.8) is 0 Å². The molecule has 1 aromatic heterocycles. The van der Waals surface area contributed by atoms with Crippen LogP contribution >= 0.6 is 0 Å². The van der Waals surface area contributed by atoms with Crippen LogP contribution in [-0.4, -0.2) is 62.6 Å². The summed E-state index contributed by atoms with van der Waals surface area (Å²) < 4.78 is 1.83. The van der Waals surface area contributed by atoms with Crippen LogP contribution in [0.25, 0.3) is 0 Å². The highest BCUT2D eigenvalue weighted by atomic mass is 16.2. The number of hydrogen-bond donors (Lipinski definition) is 3. The quantitative estimate of drug-likeness (QED) is 0.424. The van der Waals surface area contributed by atoms with Crippen LogP contribution in [0.1, 0.15) is 67.5 Å². The van der Waals surface area contributed by atoms with Gasteiger partial charge in [-0.25, -0.2) is 9.67 Å². The summed E-state index contributed by atoms with van der Waals surface area (Å²) in [6.07, 6.45) is 2.60. The lowest BCUT2D eigenvalue weighted by molar-refractivity contribution is -0.134. The predicted octanol–water partition coefficient (Wildman–Crippen LogP) is 2.85. The molecular formula is C33H43N7O3. The van der Waals surface area contributed by atoms with Crippen LogP contribution < -0.4 is 16.0 Å². The van der Waals surface area contributed by atoms with Crippen molar-refractivity contribution in [3.05, 3.63) is 82.9 Å². The first-order chi connectivity index (χ1) is 20.8. The standard InChI is InChI=1S/C33H43N7O3/c1-4-22(2)30-32(42)36-27(19-24-11-6-5-7-12-24)31-35-23(3)38-40(31)18-17-39(16-10-15-29(41)37-30)33(43)28-20-25-13-8-9-14-26(25)21-34-28/h5-9,11-14,22,27-28,30,34H,4,10,15-21H2,1-3H3,(H,36,42)(H,37,41)/t22-,27-,28+,30-/m0/s1. The first-order valence-electron chi connectivity index (χ1n) is 15.5. The summed E-state index contributed by atoms with van der Waals surface area (Å²) in [5, 5.41) is 14.3. The lowest BCUT2D eigenvalue weighted by Crippen LogP contribution is -2.52. The summed E-state index contributed by atoms with van der Waals surface area (Å²) in [6, 6.07) is 16.7. The SMILES string of the molecule is CC[C@H](C)[C@@H]1NC(=O)CCCN(C(=O)[C@H]2Cc3ccccc3CN2)CCn2nc(C)nc2[C@H](Cc2ccccc2)NC1=O. The largest absolute Gasteiger partial charge is 0.344 e. The van der Waals surface area contributed by atoms with E-state index in [0.29, 0.717) is 57.1 Å². The van der Waals surface area contributed by atoms with Crippen LogP contribution in [0.2, 0.25) is 0 Å². The van der Waals surface area contributed by atoms with Gasteiger partial charge in [-0.1, -0.05) is 74.9 Å². The van der Waals surface area contributed by atoms with Gasteiger partial charge in [0.1, 0.15) is 17.7 Å². The molecule has 2 aliphatic rings. The number of carbonyl (C=O) groups excluding carboxylic acids is 3. The lowest BCUT2D eigenvalue weighted by atomic mass is 9.95. The molecule has 0 radical (unpaired) electrons. The minimum absolute atomic E-state index is 0.0204. The Morgan fingerprint density at radius 3 is 2.51 bits per heavy atom. The second kappa shape index (κ2) is 13.9. The van der Waals surface area contributed by atoms with Crippen LogP contribution in [0.15, 0.2) is 54.6 Å². The predicted molar refractivity (Wildman–Crippen MR) is 164 cm³/mol. The van der Waals surface area contributed by atoms with Crippen molar-refractivity contribution in [2.75, 3.05) is 13.1 Å². The maximum absolute atomic E-state index is 13.9. The molecule has 4 atom stereocenters. The van der Waals surface area contributed by atoms with E-state index in [1.54, 1.807) is 0 Å². The van der Waals surface area contributed by atoms with E-state index in [9.17, 15) is 14.4 Å². The van der Waals surface area contributed by atoms with Crippen molar-refractivity contribution >= 4 is 17.7 Å². The topological polar surface area (TPSA) is 121 Å². The Hall–Kier alpha value is -4.05. The van der Waals surface area contributed by atoms with Gasteiger partial charge in [-0.05, 0) is 48.8 Å². The van der Waals surface area contributed by atoms with Crippen LogP contribution in [0.3, 0.4) is 0 Å². The average Bonchev–Trinajstić information content (AvgIpc) is 3.40. The number of hydrogen-bond acceptors (Lipinski definition) is 6. The van der Waals surface area contributed by atoms with E-state index in [-0.39, 0.29) is 36.1 Å². The van der Waals surface area contributed by atoms with E-state index in [4.69, 9.17) is 4.98 Å². The third-order valence-electron chi connectivity index (χ3n) is 8.63. The molecule has 0 bridgehead atoms. The van der Waals surface area contributed by atoms with Crippen molar-refractivity contribution < 1.29 is 14.4 Å². The number of aryl methyl sites for hydroxylation is 1. The van der Waals surface area contributed by atoms with E-state index in [0.717, 1.165) is 12.0 Å². The molecular weight excluding hydrogens is 542 g/mol. The number of benzene rings is 2. The minimum atomic E-state index is -0.680. The third-order valence-corrected chi connectivity index (χ3v) is 8.63. The molecule has 2 aliphatic heterocycles. The number of nitrogens with zero attached hydrogens (tertiary/aromatic N) is 4. The molecule has 0 saturated heterocycles. The van der Waals surface area contributed by atoms with E-state index in [1.807, 2.05) is 72.8 Å². The Kier molecular flexibility index (Phi) is 9.86. The Balaban J connectivity index is 1.44. The Labute approximate surface area is 253 Å². The first kappa shape index (κ1) is 30.4. The zero-order valence-corrected chi connectivity index (χ0v) is 25.4. The van der Waals surface area contributed by atoms with Gasteiger partial charge in [-0.15, -0.1) is 0 Å². The Morgan fingerprint density at radius 2 is 1.74 bits per heavy atom. The second-order valence-electron chi connectivity index (χ2n) is 11.8. The minimum Gasteiger partial charge on any atom is -0.344 e. The Morgan fingerprint density at radius 1 is 1.00 bits per heavy atom. The molecule has 3 aromatic rings. The molecule has 0 unspecified atom stereocenters. The maximum atomic E-state index is 13.9. The molecule has 3 heterocycles. The van der Waals surface area contributed by atoms with Crippen molar-refractivity contribution in [2.45, 2.75) is 84.1 Å². The summed E-state index contributed by atoms with van der Waals surface area (Å²) in [4.78, 5) is 47.3. The fourth-order valence-corrected chi connectivity index (χ4v) is 5.99. The molecule has 3 N–H and O–H groups in total. The molecule has 0 saturated carbocycles. The summed E-state index contributed by atoms with van der Waals surface area (Å²) in [5.41, 5.74) is 3.45. The summed E-state index contributed by atoms with van der Waals surface area (Å²) >= 11 is 0. The number of fused-ring (bicyclic) bond motifs is 2. The molecule has 2 aromatic carbocycles. The number of aromatic nitrogens is 3. The average molecular weight is 586 g/mol. The highest BCUT2D eigenvalue weighted by molar-refractivity contribution is 5.88. The van der Waals surface area contributed by atoms with Crippen LogP contribution in [-0.2, 0) is 40.3 Å². The number of rotatable bonds is 5. The number of amides is 3. The van der Waals surface area contributed by atoms with Gasteiger partial charge in [-0.3, -0.25) is 14.4 Å². The van der Waals surface area contributed by atoms with Gasteiger partial charge >= 0.3 is 0 Å². The van der Waals surface area contributed by atoms with Gasteiger partial charge in [0.15, 0.2) is 0 Å². The summed E-state index contributed by atoms with van der Waals surface area (Å²) in [6.45, 7) is 7.74. The highest BCUT2D eigenvalue weighted by Gasteiger charge is 2.32. The van der Waals surface area contributed by atoms with Gasteiger partial charge in [0.05, 0.1) is 18.6 Å². The molecule has 5 rings (SSSR count). The van der Waals surface area contributed by atoms with Gasteiger partial charge in [0.25, 0.3) is 0 Å². The molecule has 0 aliphatic carbocycles. The van der Waals surface area contributed by atoms with Crippen molar-refractivity contribution in [1.29, 1.82) is 0 Å². The highest BCUT2D eigenvalue weighted by Crippen LogP contribution is 2.21. The van der Waals surface area contributed by atoms with Gasteiger partial charge in [-0.2, -0.15) is 5.10 Å². The first-order valence-corrected chi connectivity index (χ1v) is 15.5. The normalized spacial score (nSPS) is 22.4. The zero-order valence-electron chi connectivity index (χ0n) is 25.4. The maximum Gasteiger partial charge on any atom is 0.243 e. The van der Waals surface area contributed by atoms with E-state index >= 15 is 0 Å². The van der Waals surface area contributed by atoms with Gasteiger partial charge < -0.3 is 20.9 Å². The monoisotopic (exact) mass is 585 g/mol. The fourth-order valence-electron chi connectivity index (χ4n) is 5.99. The lowest BCUT2D eigenvalue weighted by Gasteiger charge is -2.32. The number of carbonyl (C=O) groups is 3. The van der Waals surface area contributed by atoms with Crippen LogP contribution in [0, 0.1) is 12.8 Å². The smallest absolute Gasteiger partial charge is 0.243 e. The molecule has 10 nitrogen and oxygen atoms in total. The summed E-state index contributed by atoms with van der Waals surface area (Å²) in [7, 11) is 0. The van der Waals surface area contributed by atoms with E-state index < -0.39 is 12.1 Å². The molecule has 0 fully saturated rings. The van der Waals surface area contributed by atoms with Gasteiger partial charge in [0.2, 0.25) is 17.7 Å². The molecule has 0 spiro atoms. The van der Waals surface area contributed by atoms with Crippen LogP contribution in [0.5, 0.6) is 0 Å². The second-order valence-corrected chi connectivity index (χ2v) is 11.8. The molecule has 228 valence electrons. The molecule has 10 heteroatoms. The number of nitrogens with one attached hydrogen (secondary N) is 3. The van der Waals surface area contributed by atoms with Crippen molar-refractivity contribution in [2.24, 2.45) is 5.92 Å². The fraction of sp³-hybridized carbons (Fsp3) is 0.485. The van der Waals surface area contributed by atoms with Crippen molar-refractivity contribution in [3.8, 4) is 0 Å². The molecule has 3 amide bonds. The Bertz CT molecular complexity index is 1420. The van der Waals surface area contributed by atoms with Gasteiger partial charge in [0, 0.05) is 26.1 Å². The van der Waals surface area contributed by atoms with Crippen LogP contribution in [0.4, 0.5) is 0 Å². The van der Waals surface area contributed by atoms with E-state index in [2.05, 4.69) is 33.2 Å². The van der Waals surface area contributed by atoms with Crippen molar-refractivity contribution in [1.82, 2.24) is 35.6 Å². The molecule has 43 heavy (non-hydrogen) atoms.